The molecule has 0 unspecified atom stereocenters. The number of urea groups is 1. The van der Waals surface area contributed by atoms with Gasteiger partial charge in [-0.25, -0.2) is 9.69 Å². The number of alkyl halides is 3. The summed E-state index contributed by atoms with van der Waals surface area (Å²) in [6, 6.07) is 8.27. The monoisotopic (exact) mass is 701 g/mol. The predicted octanol–water partition coefficient (Wildman–Crippen LogP) is 7.56. The van der Waals surface area contributed by atoms with Gasteiger partial charge in [-0.2, -0.15) is 13.2 Å². The zero-order valence-corrected chi connectivity index (χ0v) is 23.7. The van der Waals surface area contributed by atoms with Crippen LogP contribution in [0.2, 0.25) is 5.02 Å². The maximum absolute atomic E-state index is 13.2. The van der Waals surface area contributed by atoms with E-state index in [4.69, 9.17) is 16.3 Å². The van der Waals surface area contributed by atoms with Gasteiger partial charge in [-0.1, -0.05) is 17.7 Å². The Bertz CT molecular complexity index is 1620. The Kier molecular flexibility index (Phi) is 8.06. The zero-order chi connectivity index (χ0) is 29.5. The second-order valence-corrected chi connectivity index (χ2v) is 10.3. The maximum Gasteiger partial charge on any atom is 0.416 e. The molecule has 0 radical (unpaired) electrons. The number of barbiturate groups is 1. The number of hydrogen-bond acceptors (Lipinski definition) is 6. The Morgan fingerprint density at radius 1 is 1.07 bits per heavy atom. The molecule has 0 aliphatic carbocycles. The van der Waals surface area contributed by atoms with Crippen molar-refractivity contribution in [2.24, 2.45) is 0 Å². The molecule has 0 spiro atoms. The van der Waals surface area contributed by atoms with Crippen molar-refractivity contribution in [3.8, 4) is 11.5 Å². The molecule has 1 aliphatic rings. The Balaban J connectivity index is 1.70. The van der Waals surface area contributed by atoms with Gasteiger partial charge in [-0.15, -0.1) is 0 Å². The van der Waals surface area contributed by atoms with E-state index in [1.165, 1.54) is 24.3 Å². The molecule has 206 valence electrons. The lowest BCUT2D eigenvalue weighted by Crippen LogP contribution is -2.54. The fraction of sp³-hybridized carbons (Fsp3) is 0.0800. The number of nitrogens with zero attached hydrogens (tertiary/aromatic N) is 2. The molecule has 0 bridgehead atoms. The predicted molar refractivity (Wildman–Crippen MR) is 145 cm³/mol. The summed E-state index contributed by atoms with van der Waals surface area (Å²) in [6.07, 6.45) is -3.59. The molecule has 0 atom stereocenters. The van der Waals surface area contributed by atoms with Crippen molar-refractivity contribution in [2.75, 3.05) is 4.90 Å². The summed E-state index contributed by atoms with van der Waals surface area (Å²) in [7, 11) is 0. The normalized spacial score (nSPS) is 14.9. The molecule has 9 nitrogen and oxygen atoms in total. The van der Waals surface area contributed by atoms with Gasteiger partial charge in [-0.05, 0) is 92.4 Å². The van der Waals surface area contributed by atoms with Crippen molar-refractivity contribution in [2.45, 2.75) is 13.1 Å². The lowest BCUT2D eigenvalue weighted by molar-refractivity contribution is -0.385. The number of halogens is 6. The number of benzene rings is 3. The smallest absolute Gasteiger partial charge is 0.416 e. The lowest BCUT2D eigenvalue weighted by atomic mass is 10.1. The Hall–Kier alpha value is -3.75. The first-order valence-corrected chi connectivity index (χ1v) is 12.8. The first-order chi connectivity index (χ1) is 18.7. The number of carbonyl (C=O) groups is 3. The highest BCUT2D eigenvalue weighted by molar-refractivity contribution is 9.11. The van der Waals surface area contributed by atoms with Crippen molar-refractivity contribution >= 4 is 78.8 Å². The van der Waals surface area contributed by atoms with Crippen molar-refractivity contribution in [3.63, 3.8) is 0 Å². The number of nitrogens with one attached hydrogen (secondary N) is 1. The first kappa shape index (κ1) is 29.2. The standard InChI is InChI=1S/C25H13Br2ClF3N3O6/c1-11-17(28)3-2-4-18(11)33-23(36)14(22(35)32-24(33)37)7-12-8-15(26)21(16(27)9-12)40-20-6-5-13(25(29,30)31)10-19(20)34(38)39/h2-10H,1H3,(H,32,35,37)/b14-7+. The summed E-state index contributed by atoms with van der Waals surface area (Å²) in [4.78, 5) is 49.5. The molecule has 1 fully saturated rings. The van der Waals surface area contributed by atoms with Gasteiger partial charge in [0.15, 0.2) is 5.75 Å². The van der Waals surface area contributed by atoms with E-state index in [9.17, 15) is 37.7 Å². The lowest BCUT2D eigenvalue weighted by Gasteiger charge is -2.27. The Morgan fingerprint density at radius 3 is 2.33 bits per heavy atom. The SMILES string of the molecule is Cc1c(Cl)cccc1N1C(=O)NC(=O)/C(=C\c2cc(Br)c(Oc3ccc(C(F)(F)F)cc3[N+](=O)[O-])c(Br)c2)C1=O. The first-order valence-electron chi connectivity index (χ1n) is 10.9. The van der Waals surface area contributed by atoms with Gasteiger partial charge < -0.3 is 4.74 Å². The van der Waals surface area contributed by atoms with Crippen LogP contribution in [0.25, 0.3) is 6.08 Å². The summed E-state index contributed by atoms with van der Waals surface area (Å²) in [5.74, 6) is -2.35. The zero-order valence-electron chi connectivity index (χ0n) is 19.8. The van der Waals surface area contributed by atoms with E-state index in [1.807, 2.05) is 0 Å². The number of imide groups is 2. The summed E-state index contributed by atoms with van der Waals surface area (Å²) in [5, 5.41) is 13.8. The molecule has 0 aromatic heterocycles. The number of nitro groups is 1. The third kappa shape index (κ3) is 5.74. The van der Waals surface area contributed by atoms with Crippen LogP contribution in [0.5, 0.6) is 11.5 Å². The summed E-state index contributed by atoms with van der Waals surface area (Å²) < 4.78 is 45.0. The number of amides is 4. The third-order valence-corrected chi connectivity index (χ3v) is 7.20. The van der Waals surface area contributed by atoms with Crippen LogP contribution in [0.15, 0.2) is 63.0 Å². The molecule has 3 aromatic rings. The number of rotatable bonds is 5. The van der Waals surface area contributed by atoms with E-state index >= 15 is 0 Å². The van der Waals surface area contributed by atoms with Crippen molar-refractivity contribution in [1.82, 2.24) is 5.32 Å². The highest BCUT2D eigenvalue weighted by Crippen LogP contribution is 2.43. The van der Waals surface area contributed by atoms with Crippen LogP contribution >= 0.6 is 43.5 Å². The minimum absolute atomic E-state index is 0.0317. The van der Waals surface area contributed by atoms with E-state index in [1.54, 1.807) is 19.1 Å². The molecule has 1 N–H and O–H groups in total. The van der Waals surface area contributed by atoms with Gasteiger partial charge in [0.05, 0.1) is 25.1 Å². The van der Waals surface area contributed by atoms with Gasteiger partial charge in [0.1, 0.15) is 5.57 Å². The molecule has 1 saturated heterocycles. The average molecular weight is 704 g/mol. The average Bonchev–Trinajstić information content (AvgIpc) is 2.85. The second kappa shape index (κ2) is 11.0. The van der Waals surface area contributed by atoms with E-state index < -0.39 is 45.9 Å². The van der Waals surface area contributed by atoms with Crippen LogP contribution < -0.4 is 15.0 Å². The highest BCUT2D eigenvalue weighted by Gasteiger charge is 2.38. The minimum Gasteiger partial charge on any atom is -0.448 e. The van der Waals surface area contributed by atoms with Gasteiger partial charge in [0.25, 0.3) is 11.8 Å². The van der Waals surface area contributed by atoms with E-state index in [0.717, 1.165) is 11.0 Å². The van der Waals surface area contributed by atoms with Crippen LogP contribution in [-0.2, 0) is 15.8 Å². The van der Waals surface area contributed by atoms with Crippen LogP contribution in [0, 0.1) is 17.0 Å². The fourth-order valence-electron chi connectivity index (χ4n) is 3.67. The fourth-order valence-corrected chi connectivity index (χ4v) is 5.23. The molecule has 40 heavy (non-hydrogen) atoms. The molecule has 1 aliphatic heterocycles. The van der Waals surface area contributed by atoms with Gasteiger partial charge in [0, 0.05) is 11.1 Å². The van der Waals surface area contributed by atoms with E-state index in [2.05, 4.69) is 37.2 Å². The molecule has 4 amide bonds. The minimum atomic E-state index is -4.80. The summed E-state index contributed by atoms with van der Waals surface area (Å²) >= 11 is 12.6. The topological polar surface area (TPSA) is 119 Å². The van der Waals surface area contributed by atoms with E-state index in [0.29, 0.717) is 22.7 Å². The van der Waals surface area contributed by atoms with Crippen LogP contribution in [0.3, 0.4) is 0 Å². The van der Waals surface area contributed by atoms with Gasteiger partial charge in [-0.3, -0.25) is 25.0 Å². The maximum atomic E-state index is 13.2. The highest BCUT2D eigenvalue weighted by atomic mass is 79.9. The Morgan fingerprint density at radius 2 is 1.73 bits per heavy atom. The molecule has 0 saturated carbocycles. The number of hydrogen-bond donors (Lipinski definition) is 1. The second-order valence-electron chi connectivity index (χ2n) is 8.19. The molecule has 4 rings (SSSR count). The molecule has 3 aromatic carbocycles. The number of nitro benzene ring substituents is 1. The van der Waals surface area contributed by atoms with Crippen molar-refractivity contribution in [3.05, 3.63) is 94.9 Å². The molecule has 15 heteroatoms. The van der Waals surface area contributed by atoms with Crippen molar-refractivity contribution < 1.29 is 37.2 Å². The molecular weight excluding hydrogens is 691 g/mol. The number of ether oxygens (including phenoxy) is 1. The molecular formula is C25H13Br2ClF3N3O6. The van der Waals surface area contributed by atoms with Crippen LogP contribution in [0.1, 0.15) is 16.7 Å². The molecule has 1 heterocycles. The van der Waals surface area contributed by atoms with Crippen LogP contribution in [0.4, 0.5) is 29.3 Å². The van der Waals surface area contributed by atoms with Gasteiger partial charge in [0.2, 0.25) is 5.75 Å². The Labute approximate surface area is 245 Å². The largest absolute Gasteiger partial charge is 0.448 e. The summed E-state index contributed by atoms with van der Waals surface area (Å²) in [6.45, 7) is 1.60. The van der Waals surface area contributed by atoms with E-state index in [-0.39, 0.29) is 31.5 Å². The number of carbonyl (C=O) groups excluding carboxylic acids is 3. The van der Waals surface area contributed by atoms with Crippen LogP contribution in [-0.4, -0.2) is 22.8 Å². The number of anilines is 1. The summed E-state index contributed by atoms with van der Waals surface area (Å²) in [5.41, 5.74) is -1.63. The van der Waals surface area contributed by atoms with Gasteiger partial charge >= 0.3 is 17.9 Å². The quantitative estimate of drug-likeness (QED) is 0.127. The van der Waals surface area contributed by atoms with Crippen molar-refractivity contribution in [1.29, 1.82) is 0 Å². The third-order valence-electron chi connectivity index (χ3n) is 5.61.